The fourth-order valence-electron chi connectivity index (χ4n) is 9.28. The third-order valence-electron chi connectivity index (χ3n) is 12.6. The van der Waals surface area contributed by atoms with Gasteiger partial charge in [0, 0.05) is 50.2 Å². The number of fused-ring (bicyclic) bond motifs is 3. The molecule has 0 fully saturated rings. The Bertz CT molecular complexity index is 3550. The second-order valence-corrected chi connectivity index (χ2v) is 16.9. The Kier molecular flexibility index (Phi) is 10.5. The highest BCUT2D eigenvalue weighted by Gasteiger charge is 2.19. The number of para-hydroxylation sites is 1. The summed E-state index contributed by atoms with van der Waals surface area (Å²) in [6.45, 7) is 0. The lowest BCUT2D eigenvalue weighted by molar-refractivity contribution is 1.07. The highest BCUT2D eigenvalue weighted by molar-refractivity contribution is 6.12. The van der Waals surface area contributed by atoms with Gasteiger partial charge in [-0.3, -0.25) is 0 Å². The van der Waals surface area contributed by atoms with Crippen LogP contribution < -0.4 is 4.90 Å². The first kappa shape index (κ1) is 40.3. The second kappa shape index (κ2) is 17.7. The van der Waals surface area contributed by atoms with Crippen molar-refractivity contribution >= 4 is 38.9 Å². The summed E-state index contributed by atoms with van der Waals surface area (Å²) in [5.74, 6) is 1.90. The van der Waals surface area contributed by atoms with E-state index in [1.54, 1.807) is 0 Å². The van der Waals surface area contributed by atoms with Crippen LogP contribution in [0.5, 0.6) is 0 Å². The van der Waals surface area contributed by atoms with Crippen molar-refractivity contribution in [2.75, 3.05) is 4.90 Å². The first-order valence-electron chi connectivity index (χ1n) is 22.9. The largest absolute Gasteiger partial charge is 0.310 e. The van der Waals surface area contributed by atoms with Crippen LogP contribution in [0.25, 0.3) is 95.0 Å². The quantitative estimate of drug-likeness (QED) is 0.137. The van der Waals surface area contributed by atoms with Gasteiger partial charge in [-0.25, -0.2) is 15.0 Å². The Balaban J connectivity index is 1.00. The van der Waals surface area contributed by atoms with Crippen LogP contribution in [0.2, 0.25) is 0 Å². The summed E-state index contributed by atoms with van der Waals surface area (Å²) in [4.78, 5) is 17.4. The standard InChI is InChI=1S/C63H43N5/c1-6-17-44(18-7-1)46-29-34-54(35-30-46)67(55-36-31-47(32-37-55)45-19-8-2-9-20-45)56-38-40-60-58(43-56)57-42-51(33-39-59(57)68(60)53-27-14-5-15-28-53)50-25-16-26-52(41-50)63-65-61(48-21-10-3-11-22-48)64-62(66-63)49-23-12-4-13-24-49/h1-43H. The molecule has 0 aliphatic carbocycles. The summed E-state index contributed by atoms with van der Waals surface area (Å²) in [6, 6.07) is 92.1. The minimum Gasteiger partial charge on any atom is -0.310 e. The van der Waals surface area contributed by atoms with Crippen molar-refractivity contribution < 1.29 is 0 Å². The average molecular weight is 870 g/mol. The van der Waals surface area contributed by atoms with Gasteiger partial charge in [0.05, 0.1) is 11.0 Å². The zero-order chi connectivity index (χ0) is 45.2. The number of aromatic nitrogens is 4. The number of rotatable bonds is 10. The molecule has 0 saturated carbocycles. The van der Waals surface area contributed by atoms with Crippen LogP contribution in [0.1, 0.15) is 0 Å². The normalized spacial score (nSPS) is 11.2. The van der Waals surface area contributed by atoms with Gasteiger partial charge in [0.25, 0.3) is 0 Å². The Morgan fingerprint density at radius 3 is 1.12 bits per heavy atom. The van der Waals surface area contributed by atoms with Crippen molar-refractivity contribution in [3.05, 3.63) is 261 Å². The summed E-state index contributed by atoms with van der Waals surface area (Å²) >= 11 is 0. The van der Waals surface area contributed by atoms with Gasteiger partial charge in [-0.15, -0.1) is 0 Å². The van der Waals surface area contributed by atoms with E-state index < -0.39 is 0 Å². The van der Waals surface area contributed by atoms with Gasteiger partial charge >= 0.3 is 0 Å². The molecular weight excluding hydrogens is 827 g/mol. The molecule has 68 heavy (non-hydrogen) atoms. The summed E-state index contributed by atoms with van der Waals surface area (Å²) in [6.07, 6.45) is 0. The Morgan fingerprint density at radius 2 is 0.603 bits per heavy atom. The van der Waals surface area contributed by atoms with Crippen molar-refractivity contribution in [1.29, 1.82) is 0 Å². The van der Waals surface area contributed by atoms with Crippen LogP contribution in [0.3, 0.4) is 0 Å². The van der Waals surface area contributed by atoms with Crippen LogP contribution >= 0.6 is 0 Å². The molecule has 12 aromatic rings. The van der Waals surface area contributed by atoms with Crippen LogP contribution in [-0.2, 0) is 0 Å². The number of anilines is 3. The van der Waals surface area contributed by atoms with Gasteiger partial charge in [-0.1, -0.05) is 188 Å². The molecule has 10 aromatic carbocycles. The lowest BCUT2D eigenvalue weighted by atomic mass is 10.00. The molecule has 5 heteroatoms. The molecule has 0 saturated heterocycles. The molecule has 5 nitrogen and oxygen atoms in total. The molecule has 0 amide bonds. The molecular formula is C63H43N5. The zero-order valence-corrected chi connectivity index (χ0v) is 37.1. The van der Waals surface area contributed by atoms with Gasteiger partial charge < -0.3 is 9.47 Å². The number of benzene rings is 10. The first-order chi connectivity index (χ1) is 33.7. The van der Waals surface area contributed by atoms with E-state index in [0.29, 0.717) is 17.5 Å². The Labute approximate surface area is 395 Å². The van der Waals surface area contributed by atoms with Crippen LogP contribution in [0, 0.1) is 0 Å². The number of hydrogen-bond acceptors (Lipinski definition) is 4. The van der Waals surface area contributed by atoms with Crippen molar-refractivity contribution in [2.45, 2.75) is 0 Å². The van der Waals surface area contributed by atoms with Crippen molar-refractivity contribution in [1.82, 2.24) is 19.5 Å². The highest BCUT2D eigenvalue weighted by atomic mass is 15.1. The average Bonchev–Trinajstić information content (AvgIpc) is 3.75. The lowest BCUT2D eigenvalue weighted by Crippen LogP contribution is -2.10. The van der Waals surface area contributed by atoms with Gasteiger partial charge in [0.1, 0.15) is 0 Å². The maximum absolute atomic E-state index is 5.05. The van der Waals surface area contributed by atoms with Gasteiger partial charge in [0.15, 0.2) is 17.5 Å². The molecule has 0 atom stereocenters. The summed E-state index contributed by atoms with van der Waals surface area (Å²) < 4.78 is 2.38. The van der Waals surface area contributed by atoms with E-state index in [1.807, 2.05) is 60.7 Å². The fraction of sp³-hybridized carbons (Fsp3) is 0. The van der Waals surface area contributed by atoms with Crippen LogP contribution in [0.15, 0.2) is 261 Å². The maximum atomic E-state index is 5.05. The van der Waals surface area contributed by atoms with E-state index >= 15 is 0 Å². The van der Waals surface area contributed by atoms with E-state index in [1.165, 1.54) is 22.3 Å². The SMILES string of the molecule is c1ccc(-c2ccc(N(c3ccc(-c4ccccc4)cc3)c3ccc4c(c3)c3cc(-c5cccc(-c6nc(-c7ccccc7)nc(-c7ccccc7)n6)c5)ccc3n4-c3ccccc3)cc2)cc1. The molecule has 12 rings (SSSR count). The molecule has 0 aliphatic heterocycles. The second-order valence-electron chi connectivity index (χ2n) is 16.9. The molecule has 0 bridgehead atoms. The van der Waals surface area contributed by atoms with Gasteiger partial charge in [-0.2, -0.15) is 0 Å². The fourth-order valence-corrected chi connectivity index (χ4v) is 9.28. The zero-order valence-electron chi connectivity index (χ0n) is 37.1. The third kappa shape index (κ3) is 7.78. The van der Waals surface area contributed by atoms with Gasteiger partial charge in [0.2, 0.25) is 0 Å². The maximum Gasteiger partial charge on any atom is 0.164 e. The predicted octanol–water partition coefficient (Wildman–Crippen LogP) is 16.4. The minimum atomic E-state index is 0.625. The van der Waals surface area contributed by atoms with Crippen molar-refractivity contribution in [3.63, 3.8) is 0 Å². The molecule has 0 unspecified atom stereocenters. The van der Waals surface area contributed by atoms with E-state index in [0.717, 1.165) is 72.4 Å². The predicted molar refractivity (Wildman–Crippen MR) is 281 cm³/mol. The Morgan fingerprint density at radius 1 is 0.250 bits per heavy atom. The van der Waals surface area contributed by atoms with Crippen molar-refractivity contribution in [3.8, 4) is 73.2 Å². The number of hydrogen-bond donors (Lipinski definition) is 0. The topological polar surface area (TPSA) is 46.8 Å². The first-order valence-corrected chi connectivity index (χ1v) is 22.9. The third-order valence-corrected chi connectivity index (χ3v) is 12.6. The van der Waals surface area contributed by atoms with E-state index in [9.17, 15) is 0 Å². The highest BCUT2D eigenvalue weighted by Crippen LogP contribution is 2.42. The smallest absolute Gasteiger partial charge is 0.164 e. The van der Waals surface area contributed by atoms with E-state index in [2.05, 4.69) is 210 Å². The molecule has 0 spiro atoms. The lowest BCUT2D eigenvalue weighted by Gasteiger charge is -2.26. The monoisotopic (exact) mass is 869 g/mol. The minimum absolute atomic E-state index is 0.625. The van der Waals surface area contributed by atoms with Crippen molar-refractivity contribution in [2.24, 2.45) is 0 Å². The number of nitrogens with zero attached hydrogens (tertiary/aromatic N) is 5. The summed E-state index contributed by atoms with van der Waals surface area (Å²) in [5.41, 5.74) is 16.3. The molecule has 0 aliphatic rings. The van der Waals surface area contributed by atoms with Crippen LogP contribution in [0.4, 0.5) is 17.1 Å². The Hall–Kier alpha value is -9.19. The van der Waals surface area contributed by atoms with Crippen LogP contribution in [-0.4, -0.2) is 19.5 Å². The summed E-state index contributed by atoms with van der Waals surface area (Å²) in [5, 5.41) is 2.31. The summed E-state index contributed by atoms with van der Waals surface area (Å²) in [7, 11) is 0. The molecule has 320 valence electrons. The molecule has 0 N–H and O–H groups in total. The molecule has 0 radical (unpaired) electrons. The molecule has 2 aromatic heterocycles. The van der Waals surface area contributed by atoms with E-state index in [4.69, 9.17) is 15.0 Å². The molecule has 2 heterocycles. The van der Waals surface area contributed by atoms with Gasteiger partial charge in [-0.05, 0) is 106 Å². The van der Waals surface area contributed by atoms with E-state index in [-0.39, 0.29) is 0 Å².